The molecule has 0 spiro atoms. The van der Waals surface area contributed by atoms with Crippen molar-refractivity contribution in [3.8, 4) is 11.1 Å². The first-order valence-corrected chi connectivity index (χ1v) is 7.78. The van der Waals surface area contributed by atoms with E-state index in [0.29, 0.717) is 23.8 Å². The number of aryl methyl sites for hydroxylation is 1. The molecule has 0 unspecified atom stereocenters. The minimum absolute atomic E-state index is 0.188. The van der Waals surface area contributed by atoms with Crippen LogP contribution >= 0.6 is 11.6 Å². The van der Waals surface area contributed by atoms with Gasteiger partial charge in [-0.3, -0.25) is 0 Å². The zero-order chi connectivity index (χ0) is 16.4. The van der Waals surface area contributed by atoms with Crippen LogP contribution < -0.4 is 5.73 Å². The fraction of sp³-hybridized carbons (Fsp3) is 0.235. The van der Waals surface area contributed by atoms with Crippen molar-refractivity contribution in [3.05, 3.63) is 41.8 Å². The Hall–Kier alpha value is -2.40. The fourth-order valence-corrected chi connectivity index (χ4v) is 2.79. The van der Waals surface area contributed by atoms with Crippen LogP contribution in [0.4, 0.5) is 5.82 Å². The topological polar surface area (TPSA) is 73.8 Å². The lowest BCUT2D eigenvalue weighted by atomic mass is 10.1. The molecule has 0 aliphatic carbocycles. The maximum absolute atomic E-state index is 11.1. The van der Waals surface area contributed by atoms with E-state index in [1.165, 1.54) is 6.33 Å². The number of hydrogen-bond acceptors (Lipinski definition) is 4. The molecule has 1 aromatic carbocycles. The predicted molar refractivity (Wildman–Crippen MR) is 92.3 cm³/mol. The minimum atomic E-state index is 0.188. The Bertz CT molecular complexity index is 855. The third-order valence-corrected chi connectivity index (χ3v) is 4.02. The van der Waals surface area contributed by atoms with E-state index in [1.807, 2.05) is 35.0 Å². The normalized spacial score (nSPS) is 11.0. The van der Waals surface area contributed by atoms with Gasteiger partial charge < -0.3 is 15.1 Å². The Labute approximate surface area is 139 Å². The molecular formula is C17H17ClN4O. The van der Waals surface area contributed by atoms with Gasteiger partial charge in [-0.25, -0.2) is 9.97 Å². The van der Waals surface area contributed by atoms with Crippen LogP contribution in [0, 0.1) is 0 Å². The highest BCUT2D eigenvalue weighted by molar-refractivity contribution is 6.30. The fourth-order valence-electron chi connectivity index (χ4n) is 2.66. The van der Waals surface area contributed by atoms with Crippen molar-refractivity contribution < 1.29 is 4.79 Å². The van der Waals surface area contributed by atoms with Crippen LogP contribution in [-0.2, 0) is 11.3 Å². The number of aromatic nitrogens is 3. The van der Waals surface area contributed by atoms with Gasteiger partial charge in [-0.15, -0.1) is 0 Å². The van der Waals surface area contributed by atoms with Gasteiger partial charge >= 0.3 is 0 Å². The molecule has 3 aromatic rings. The average Bonchev–Trinajstić information content (AvgIpc) is 2.88. The number of nitrogen functional groups attached to an aromatic ring is 1. The van der Waals surface area contributed by atoms with Crippen molar-refractivity contribution in [2.75, 3.05) is 5.73 Å². The smallest absolute Gasteiger partial charge is 0.146 e. The molecule has 2 N–H and O–H groups in total. The Morgan fingerprint density at radius 1 is 1.26 bits per heavy atom. The number of halogens is 1. The Kier molecular flexibility index (Phi) is 4.30. The molecule has 0 radical (unpaired) electrons. The maximum Gasteiger partial charge on any atom is 0.146 e. The Morgan fingerprint density at radius 3 is 2.70 bits per heavy atom. The van der Waals surface area contributed by atoms with Gasteiger partial charge in [0, 0.05) is 29.7 Å². The van der Waals surface area contributed by atoms with Gasteiger partial charge in [0.1, 0.15) is 23.6 Å². The molecule has 0 aliphatic heterocycles. The monoisotopic (exact) mass is 328 g/mol. The van der Waals surface area contributed by atoms with Gasteiger partial charge in [-0.05, 0) is 31.0 Å². The quantitative estimate of drug-likeness (QED) is 0.775. The first kappa shape index (κ1) is 15.5. The Morgan fingerprint density at radius 2 is 2.00 bits per heavy atom. The summed E-state index contributed by atoms with van der Waals surface area (Å²) in [7, 11) is 0. The third kappa shape index (κ3) is 3.19. The molecule has 0 amide bonds. The first-order chi connectivity index (χ1) is 11.1. The molecule has 3 rings (SSSR count). The van der Waals surface area contributed by atoms with Crippen LogP contribution in [-0.4, -0.2) is 20.3 Å². The van der Waals surface area contributed by atoms with E-state index in [1.54, 1.807) is 6.92 Å². The highest BCUT2D eigenvalue weighted by Gasteiger charge is 2.14. The van der Waals surface area contributed by atoms with Crippen molar-refractivity contribution in [2.45, 2.75) is 26.3 Å². The van der Waals surface area contributed by atoms with Crippen molar-refractivity contribution in [3.63, 3.8) is 0 Å². The van der Waals surface area contributed by atoms with Crippen LogP contribution in [0.1, 0.15) is 19.8 Å². The van der Waals surface area contributed by atoms with Crippen LogP contribution in [0.15, 0.2) is 36.8 Å². The number of rotatable bonds is 5. The van der Waals surface area contributed by atoms with Gasteiger partial charge in [0.25, 0.3) is 0 Å². The van der Waals surface area contributed by atoms with E-state index >= 15 is 0 Å². The lowest BCUT2D eigenvalue weighted by Crippen LogP contribution is -2.01. The van der Waals surface area contributed by atoms with Crippen molar-refractivity contribution in [2.24, 2.45) is 0 Å². The molecule has 6 heteroatoms. The van der Waals surface area contributed by atoms with Gasteiger partial charge in [-0.2, -0.15) is 0 Å². The van der Waals surface area contributed by atoms with E-state index < -0.39 is 0 Å². The van der Waals surface area contributed by atoms with Crippen molar-refractivity contribution in [1.82, 2.24) is 14.5 Å². The molecule has 0 saturated carbocycles. The van der Waals surface area contributed by atoms with Gasteiger partial charge in [0.05, 0.1) is 5.39 Å². The molecule has 2 aromatic heterocycles. The van der Waals surface area contributed by atoms with Crippen LogP contribution in [0.2, 0.25) is 5.02 Å². The Balaban J connectivity index is 2.07. The number of carbonyl (C=O) groups is 1. The summed E-state index contributed by atoms with van der Waals surface area (Å²) in [6, 6.07) is 7.58. The highest BCUT2D eigenvalue weighted by Crippen LogP contribution is 2.33. The van der Waals surface area contributed by atoms with E-state index in [9.17, 15) is 4.79 Å². The van der Waals surface area contributed by atoms with E-state index in [4.69, 9.17) is 17.3 Å². The van der Waals surface area contributed by atoms with E-state index in [0.717, 1.165) is 28.6 Å². The van der Waals surface area contributed by atoms with Crippen LogP contribution in [0.5, 0.6) is 0 Å². The summed E-state index contributed by atoms with van der Waals surface area (Å²) >= 11 is 5.97. The van der Waals surface area contributed by atoms with Gasteiger partial charge in [-0.1, -0.05) is 23.7 Å². The number of fused-ring (bicyclic) bond motifs is 1. The molecule has 0 atom stereocenters. The number of ketones is 1. The van der Waals surface area contributed by atoms with Crippen molar-refractivity contribution >= 4 is 34.2 Å². The van der Waals surface area contributed by atoms with E-state index in [2.05, 4.69) is 9.97 Å². The zero-order valence-electron chi connectivity index (χ0n) is 12.8. The largest absolute Gasteiger partial charge is 0.383 e. The molecule has 0 saturated heterocycles. The molecule has 0 aliphatic rings. The molecule has 5 nitrogen and oxygen atoms in total. The predicted octanol–water partition coefficient (Wildman–Crippen LogP) is 3.70. The van der Waals surface area contributed by atoms with E-state index in [-0.39, 0.29) is 5.78 Å². The molecule has 23 heavy (non-hydrogen) atoms. The standard InChI is InChI=1S/C17H17ClN4O/c1-11(23)3-2-8-22-9-14(12-4-6-13(18)7-5-12)15-16(19)20-10-21-17(15)22/h4-7,9-10H,2-3,8H2,1H3,(H2,19,20,21). The lowest BCUT2D eigenvalue weighted by Gasteiger charge is -2.03. The second-order valence-electron chi connectivity index (χ2n) is 5.51. The SMILES string of the molecule is CC(=O)CCCn1cc(-c2ccc(Cl)cc2)c2c(N)ncnc21. The molecule has 0 bridgehead atoms. The highest BCUT2D eigenvalue weighted by atomic mass is 35.5. The number of nitrogens with zero attached hydrogens (tertiary/aromatic N) is 3. The molecular weight excluding hydrogens is 312 g/mol. The summed E-state index contributed by atoms with van der Waals surface area (Å²) < 4.78 is 2.03. The second kappa shape index (κ2) is 6.38. The number of nitrogens with two attached hydrogens (primary N) is 1. The second-order valence-corrected chi connectivity index (χ2v) is 5.94. The molecule has 0 fully saturated rings. The summed E-state index contributed by atoms with van der Waals surface area (Å²) in [4.78, 5) is 19.6. The number of Topliss-reactive ketones (excluding diaryl/α,β-unsaturated/α-hetero) is 1. The van der Waals surface area contributed by atoms with Gasteiger partial charge in [0.15, 0.2) is 0 Å². The van der Waals surface area contributed by atoms with Crippen LogP contribution in [0.25, 0.3) is 22.2 Å². The summed E-state index contributed by atoms with van der Waals surface area (Å²) in [5.74, 6) is 0.638. The summed E-state index contributed by atoms with van der Waals surface area (Å²) in [6.45, 7) is 2.31. The molecule has 118 valence electrons. The number of anilines is 1. The summed E-state index contributed by atoms with van der Waals surface area (Å²) in [5, 5.41) is 1.51. The third-order valence-electron chi connectivity index (χ3n) is 3.77. The number of hydrogen-bond donors (Lipinski definition) is 1. The zero-order valence-corrected chi connectivity index (χ0v) is 13.5. The van der Waals surface area contributed by atoms with Crippen LogP contribution in [0.3, 0.4) is 0 Å². The first-order valence-electron chi connectivity index (χ1n) is 7.41. The summed E-state index contributed by atoms with van der Waals surface area (Å²) in [6.07, 6.45) is 4.80. The molecule has 2 heterocycles. The minimum Gasteiger partial charge on any atom is -0.383 e. The number of carbonyl (C=O) groups excluding carboxylic acids is 1. The van der Waals surface area contributed by atoms with Crippen molar-refractivity contribution in [1.29, 1.82) is 0 Å². The number of benzene rings is 1. The van der Waals surface area contributed by atoms with Gasteiger partial charge in [0.2, 0.25) is 0 Å². The maximum atomic E-state index is 11.1. The summed E-state index contributed by atoms with van der Waals surface area (Å²) in [5.41, 5.74) is 8.83. The average molecular weight is 329 g/mol. The lowest BCUT2D eigenvalue weighted by molar-refractivity contribution is -0.117.